The van der Waals surface area contributed by atoms with Gasteiger partial charge in [-0.2, -0.15) is 0 Å². The van der Waals surface area contributed by atoms with Gasteiger partial charge in [-0.1, -0.05) is 12.2 Å². The van der Waals surface area contributed by atoms with E-state index < -0.39 is 9.84 Å². The van der Waals surface area contributed by atoms with E-state index >= 15 is 0 Å². The fraction of sp³-hybridized carbons (Fsp3) is 0.500. The van der Waals surface area contributed by atoms with Gasteiger partial charge in [-0.15, -0.1) is 0 Å². The summed E-state index contributed by atoms with van der Waals surface area (Å²) in [7, 11) is -1.09. The lowest BCUT2D eigenvalue weighted by molar-refractivity contribution is 0.600. The van der Waals surface area contributed by atoms with Crippen LogP contribution in [-0.2, 0) is 9.84 Å². The van der Waals surface area contributed by atoms with Gasteiger partial charge in [0.1, 0.15) is 16.5 Å². The van der Waals surface area contributed by atoms with Crippen LogP contribution in [0.25, 0.3) is 0 Å². The SMILES string of the molecule is CN(c1cnc(C(N)=S)cn1)C1CCS(=O)(=O)C1. The summed E-state index contributed by atoms with van der Waals surface area (Å²) >= 11 is 4.79. The molecule has 8 heteroatoms. The Morgan fingerprint density at radius 1 is 1.50 bits per heavy atom. The maximum absolute atomic E-state index is 11.4. The molecule has 0 saturated carbocycles. The molecule has 2 N–H and O–H groups in total. The van der Waals surface area contributed by atoms with Gasteiger partial charge in [-0.3, -0.25) is 0 Å². The zero-order chi connectivity index (χ0) is 13.3. The van der Waals surface area contributed by atoms with Crippen molar-refractivity contribution in [2.75, 3.05) is 23.5 Å². The largest absolute Gasteiger partial charge is 0.388 e. The van der Waals surface area contributed by atoms with Crippen molar-refractivity contribution < 1.29 is 8.42 Å². The summed E-state index contributed by atoms with van der Waals surface area (Å²) in [5.74, 6) is 1.03. The summed E-state index contributed by atoms with van der Waals surface area (Å²) in [6.45, 7) is 0. The predicted octanol–water partition coefficient (Wildman–Crippen LogP) is -0.266. The average molecular weight is 286 g/mol. The Bertz CT molecular complexity index is 556. The van der Waals surface area contributed by atoms with E-state index in [0.29, 0.717) is 17.9 Å². The number of thiocarbonyl (C=S) groups is 1. The molecule has 1 unspecified atom stereocenters. The van der Waals surface area contributed by atoms with Crippen molar-refractivity contribution >= 4 is 32.9 Å². The first-order chi connectivity index (χ1) is 8.39. The molecule has 1 aromatic heterocycles. The Hall–Kier alpha value is -1.28. The van der Waals surface area contributed by atoms with E-state index in [1.165, 1.54) is 6.20 Å². The molecule has 1 aromatic rings. The van der Waals surface area contributed by atoms with Crippen LogP contribution in [0.15, 0.2) is 12.4 Å². The number of nitrogens with zero attached hydrogens (tertiary/aromatic N) is 3. The van der Waals surface area contributed by atoms with Crippen molar-refractivity contribution in [2.45, 2.75) is 12.5 Å². The molecule has 0 aliphatic carbocycles. The Morgan fingerprint density at radius 2 is 2.22 bits per heavy atom. The zero-order valence-corrected chi connectivity index (χ0v) is 11.5. The average Bonchev–Trinajstić information content (AvgIpc) is 2.69. The Morgan fingerprint density at radius 3 is 2.67 bits per heavy atom. The maximum atomic E-state index is 11.4. The molecular formula is C10H14N4O2S2. The summed E-state index contributed by atoms with van der Waals surface area (Å²) in [6, 6.07) is -0.0417. The molecule has 0 spiro atoms. The van der Waals surface area contributed by atoms with Crippen LogP contribution in [0.4, 0.5) is 5.82 Å². The molecule has 1 aliphatic rings. The van der Waals surface area contributed by atoms with Crippen molar-refractivity contribution in [2.24, 2.45) is 5.73 Å². The number of aromatic nitrogens is 2. The minimum atomic E-state index is -2.90. The lowest BCUT2D eigenvalue weighted by atomic mass is 10.2. The molecule has 1 atom stereocenters. The van der Waals surface area contributed by atoms with E-state index in [2.05, 4.69) is 9.97 Å². The third kappa shape index (κ3) is 2.75. The van der Waals surface area contributed by atoms with Crippen molar-refractivity contribution in [3.8, 4) is 0 Å². The van der Waals surface area contributed by atoms with Crippen molar-refractivity contribution in [3.05, 3.63) is 18.1 Å². The highest BCUT2D eigenvalue weighted by Crippen LogP contribution is 2.20. The van der Waals surface area contributed by atoms with Crippen LogP contribution in [0.1, 0.15) is 12.1 Å². The van der Waals surface area contributed by atoms with Gasteiger partial charge >= 0.3 is 0 Å². The van der Waals surface area contributed by atoms with Gasteiger partial charge in [0.15, 0.2) is 9.84 Å². The first-order valence-electron chi connectivity index (χ1n) is 5.44. The van der Waals surface area contributed by atoms with E-state index in [1.807, 2.05) is 11.9 Å². The molecule has 0 amide bonds. The Kier molecular flexibility index (Phi) is 3.49. The topological polar surface area (TPSA) is 89.2 Å². The highest BCUT2D eigenvalue weighted by molar-refractivity contribution is 7.91. The molecule has 18 heavy (non-hydrogen) atoms. The molecule has 6 nitrogen and oxygen atoms in total. The summed E-state index contributed by atoms with van der Waals surface area (Å²) in [6.07, 6.45) is 3.68. The van der Waals surface area contributed by atoms with E-state index in [-0.39, 0.29) is 22.5 Å². The summed E-state index contributed by atoms with van der Waals surface area (Å²) in [4.78, 5) is 10.3. The lowest BCUT2D eigenvalue weighted by Crippen LogP contribution is -2.33. The highest BCUT2D eigenvalue weighted by atomic mass is 32.2. The molecule has 0 bridgehead atoms. The summed E-state index contributed by atoms with van der Waals surface area (Å²) in [5.41, 5.74) is 5.89. The number of hydrogen-bond acceptors (Lipinski definition) is 6. The van der Waals surface area contributed by atoms with Crippen LogP contribution >= 0.6 is 12.2 Å². The van der Waals surface area contributed by atoms with Crippen LogP contribution in [0, 0.1) is 0 Å². The predicted molar refractivity (Wildman–Crippen MR) is 73.4 cm³/mol. The smallest absolute Gasteiger partial charge is 0.152 e. The van der Waals surface area contributed by atoms with E-state index in [4.69, 9.17) is 18.0 Å². The van der Waals surface area contributed by atoms with Crippen LogP contribution in [0.3, 0.4) is 0 Å². The van der Waals surface area contributed by atoms with Crippen LogP contribution in [-0.4, -0.2) is 48.0 Å². The third-order valence-electron chi connectivity index (χ3n) is 3.01. The van der Waals surface area contributed by atoms with Crippen LogP contribution in [0.2, 0.25) is 0 Å². The second kappa shape index (κ2) is 4.77. The number of anilines is 1. The maximum Gasteiger partial charge on any atom is 0.152 e. The molecule has 2 heterocycles. The molecule has 0 radical (unpaired) electrons. The van der Waals surface area contributed by atoms with Crippen LogP contribution in [0.5, 0.6) is 0 Å². The fourth-order valence-electron chi connectivity index (χ4n) is 1.90. The molecule has 1 fully saturated rings. The minimum Gasteiger partial charge on any atom is -0.388 e. The second-order valence-corrected chi connectivity index (χ2v) is 6.96. The third-order valence-corrected chi connectivity index (χ3v) is 4.97. The van der Waals surface area contributed by atoms with Gasteiger partial charge in [0.2, 0.25) is 0 Å². The fourth-order valence-corrected chi connectivity index (χ4v) is 3.78. The highest BCUT2D eigenvalue weighted by Gasteiger charge is 2.31. The quantitative estimate of drug-likeness (QED) is 0.765. The number of hydrogen-bond donors (Lipinski definition) is 1. The lowest BCUT2D eigenvalue weighted by Gasteiger charge is -2.23. The van der Waals surface area contributed by atoms with Crippen molar-refractivity contribution in [3.63, 3.8) is 0 Å². The zero-order valence-electron chi connectivity index (χ0n) is 9.91. The molecule has 0 aromatic carbocycles. The first-order valence-corrected chi connectivity index (χ1v) is 7.67. The van der Waals surface area contributed by atoms with Gasteiger partial charge in [0.25, 0.3) is 0 Å². The standard InChI is InChI=1S/C10H14N4O2S2/c1-14(7-2-3-18(15,16)6-7)9-5-12-8(4-13-9)10(11)17/h4-5,7H,2-3,6H2,1H3,(H2,11,17). The number of nitrogens with two attached hydrogens (primary N) is 1. The minimum absolute atomic E-state index is 0.0417. The number of rotatable bonds is 3. The molecule has 1 saturated heterocycles. The van der Waals surface area contributed by atoms with Gasteiger partial charge < -0.3 is 10.6 Å². The van der Waals surface area contributed by atoms with Crippen LogP contribution < -0.4 is 10.6 Å². The van der Waals surface area contributed by atoms with Gasteiger partial charge in [-0.25, -0.2) is 18.4 Å². The van der Waals surface area contributed by atoms with Gasteiger partial charge in [0.05, 0.1) is 23.9 Å². The monoisotopic (exact) mass is 286 g/mol. The number of sulfone groups is 1. The van der Waals surface area contributed by atoms with Crippen molar-refractivity contribution in [1.29, 1.82) is 0 Å². The summed E-state index contributed by atoms with van der Waals surface area (Å²) in [5, 5.41) is 0. The summed E-state index contributed by atoms with van der Waals surface area (Å²) < 4.78 is 22.8. The van der Waals surface area contributed by atoms with E-state index in [9.17, 15) is 8.42 Å². The molecule has 1 aliphatic heterocycles. The van der Waals surface area contributed by atoms with Gasteiger partial charge in [0, 0.05) is 13.1 Å². The Balaban J connectivity index is 2.14. The first kappa shape index (κ1) is 13.2. The Labute approximate surface area is 111 Å². The van der Waals surface area contributed by atoms with Gasteiger partial charge in [-0.05, 0) is 6.42 Å². The molecular weight excluding hydrogens is 272 g/mol. The van der Waals surface area contributed by atoms with Crippen molar-refractivity contribution in [1.82, 2.24) is 9.97 Å². The normalized spacial score (nSPS) is 21.7. The second-order valence-electron chi connectivity index (χ2n) is 4.29. The molecule has 2 rings (SSSR count). The van der Waals surface area contributed by atoms with E-state index in [1.54, 1.807) is 6.20 Å². The van der Waals surface area contributed by atoms with E-state index in [0.717, 1.165) is 0 Å². The molecule has 98 valence electrons.